The van der Waals surface area contributed by atoms with E-state index in [2.05, 4.69) is 25.8 Å². The summed E-state index contributed by atoms with van der Waals surface area (Å²) in [7, 11) is 3.34. The molecule has 152 valence electrons. The van der Waals surface area contributed by atoms with E-state index in [1.807, 2.05) is 29.8 Å². The van der Waals surface area contributed by atoms with E-state index < -0.39 is 0 Å². The Labute approximate surface area is 172 Å². The average Bonchev–Trinajstić information content (AvgIpc) is 3.08. The predicted octanol–water partition coefficient (Wildman–Crippen LogP) is 5.51. The standard InChI is InChI=1S/C22H31N3O2S/c1-7-9-17(10-8-2)24-25-20(15-28-22(25)23-14-16(3)4)19-13-18(26-5)11-12-21(19)27-6/h11-13,15H,3,7-10,14H2,1-2,4-6H3. The van der Waals surface area contributed by atoms with Crippen molar-refractivity contribution in [1.29, 1.82) is 0 Å². The minimum Gasteiger partial charge on any atom is -0.497 e. The maximum atomic E-state index is 5.60. The first kappa shape index (κ1) is 22.0. The molecule has 2 aromatic rings. The third-order valence-corrected chi connectivity index (χ3v) is 5.02. The normalized spacial score (nSPS) is 11.4. The lowest BCUT2D eigenvalue weighted by Crippen LogP contribution is -2.15. The third kappa shape index (κ3) is 5.58. The molecule has 5 nitrogen and oxygen atoms in total. The van der Waals surface area contributed by atoms with Crippen molar-refractivity contribution < 1.29 is 9.47 Å². The van der Waals surface area contributed by atoms with E-state index in [0.717, 1.165) is 58.8 Å². The van der Waals surface area contributed by atoms with Crippen LogP contribution in [0.15, 0.2) is 45.8 Å². The molecular formula is C22H31N3O2S. The zero-order valence-corrected chi connectivity index (χ0v) is 18.4. The van der Waals surface area contributed by atoms with Gasteiger partial charge in [0.25, 0.3) is 0 Å². The first-order chi connectivity index (χ1) is 13.5. The molecule has 0 saturated heterocycles. The Bertz CT molecular complexity index is 885. The Kier molecular flexibility index (Phi) is 8.51. The quantitative estimate of drug-likeness (QED) is 0.389. The molecule has 6 heteroatoms. The summed E-state index contributed by atoms with van der Waals surface area (Å²) in [6, 6.07) is 5.80. The number of ether oxygens (including phenoxy) is 2. The Morgan fingerprint density at radius 3 is 2.43 bits per heavy atom. The smallest absolute Gasteiger partial charge is 0.206 e. The second-order valence-corrected chi connectivity index (χ2v) is 7.56. The van der Waals surface area contributed by atoms with E-state index in [1.165, 1.54) is 5.71 Å². The zero-order valence-electron chi connectivity index (χ0n) is 17.6. The summed E-state index contributed by atoms with van der Waals surface area (Å²) in [5, 5.41) is 7.08. The van der Waals surface area contributed by atoms with Crippen LogP contribution in [0.3, 0.4) is 0 Å². The van der Waals surface area contributed by atoms with Crippen LogP contribution in [0, 0.1) is 0 Å². The number of hydrogen-bond acceptors (Lipinski definition) is 5. The van der Waals surface area contributed by atoms with Gasteiger partial charge in [-0.15, -0.1) is 11.3 Å². The van der Waals surface area contributed by atoms with Crippen LogP contribution in [0.5, 0.6) is 11.5 Å². The summed E-state index contributed by atoms with van der Waals surface area (Å²) in [6.07, 6.45) is 4.09. The van der Waals surface area contributed by atoms with E-state index in [9.17, 15) is 0 Å². The molecule has 0 fully saturated rings. The third-order valence-electron chi connectivity index (χ3n) is 4.17. The van der Waals surface area contributed by atoms with Crippen molar-refractivity contribution in [3.8, 4) is 22.8 Å². The van der Waals surface area contributed by atoms with Crippen molar-refractivity contribution in [2.45, 2.75) is 46.5 Å². The van der Waals surface area contributed by atoms with Crippen molar-refractivity contribution in [2.75, 3.05) is 20.8 Å². The minimum absolute atomic E-state index is 0.585. The van der Waals surface area contributed by atoms with E-state index in [0.29, 0.717) is 6.54 Å². The number of methoxy groups -OCH3 is 2. The molecule has 0 saturated carbocycles. The number of rotatable bonds is 10. The van der Waals surface area contributed by atoms with E-state index in [4.69, 9.17) is 19.6 Å². The van der Waals surface area contributed by atoms with Crippen molar-refractivity contribution >= 4 is 17.0 Å². The number of aromatic nitrogens is 1. The maximum Gasteiger partial charge on any atom is 0.206 e. The molecular weight excluding hydrogens is 370 g/mol. The fourth-order valence-electron chi connectivity index (χ4n) is 2.85. The molecule has 1 aromatic heterocycles. The summed E-state index contributed by atoms with van der Waals surface area (Å²) in [5.41, 5.74) is 4.09. The fourth-order valence-corrected chi connectivity index (χ4v) is 3.67. The summed E-state index contributed by atoms with van der Waals surface area (Å²) in [5.74, 6) is 1.56. The van der Waals surface area contributed by atoms with Crippen molar-refractivity contribution in [3.63, 3.8) is 0 Å². The van der Waals surface area contributed by atoms with Crippen molar-refractivity contribution in [1.82, 2.24) is 4.68 Å². The summed E-state index contributed by atoms with van der Waals surface area (Å²) in [4.78, 5) is 5.58. The molecule has 0 radical (unpaired) electrons. The van der Waals surface area contributed by atoms with Gasteiger partial charge in [-0.05, 0) is 38.0 Å². The number of thiazole rings is 1. The van der Waals surface area contributed by atoms with Crippen LogP contribution in [-0.2, 0) is 0 Å². The lowest BCUT2D eigenvalue weighted by molar-refractivity contribution is 0.404. The van der Waals surface area contributed by atoms with Gasteiger partial charge in [-0.3, -0.25) is 4.99 Å². The van der Waals surface area contributed by atoms with Gasteiger partial charge in [0.1, 0.15) is 11.5 Å². The SMILES string of the molecule is C=C(C)CN=c1scc(-c2cc(OC)ccc2OC)n1N=C(CCC)CCC. The highest BCUT2D eigenvalue weighted by atomic mass is 32.1. The Balaban J connectivity index is 2.70. The summed E-state index contributed by atoms with van der Waals surface area (Å²) >= 11 is 1.58. The van der Waals surface area contributed by atoms with E-state index in [1.54, 1.807) is 25.6 Å². The molecule has 0 unspecified atom stereocenters. The van der Waals surface area contributed by atoms with Gasteiger partial charge >= 0.3 is 0 Å². The van der Waals surface area contributed by atoms with E-state index >= 15 is 0 Å². The molecule has 0 N–H and O–H groups in total. The summed E-state index contributed by atoms with van der Waals surface area (Å²) in [6.45, 7) is 10.9. The molecule has 0 bridgehead atoms. The van der Waals surface area contributed by atoms with Gasteiger partial charge in [0.05, 0.1) is 26.5 Å². The average molecular weight is 402 g/mol. The summed E-state index contributed by atoms with van der Waals surface area (Å²) < 4.78 is 13.0. The van der Waals surface area contributed by atoms with Gasteiger partial charge in [0.15, 0.2) is 0 Å². The second-order valence-electron chi connectivity index (χ2n) is 6.72. The first-order valence-corrected chi connectivity index (χ1v) is 10.6. The molecule has 1 heterocycles. The predicted molar refractivity (Wildman–Crippen MR) is 119 cm³/mol. The lowest BCUT2D eigenvalue weighted by atomic mass is 10.1. The highest BCUT2D eigenvalue weighted by Crippen LogP contribution is 2.33. The van der Waals surface area contributed by atoms with Crippen LogP contribution in [0.1, 0.15) is 46.5 Å². The molecule has 0 aliphatic heterocycles. The largest absolute Gasteiger partial charge is 0.497 e. The van der Waals surface area contributed by atoms with Gasteiger partial charge in [-0.2, -0.15) is 5.10 Å². The maximum absolute atomic E-state index is 5.60. The lowest BCUT2D eigenvalue weighted by Gasteiger charge is -2.12. The number of nitrogens with zero attached hydrogens (tertiary/aromatic N) is 3. The highest BCUT2D eigenvalue weighted by molar-refractivity contribution is 7.07. The highest BCUT2D eigenvalue weighted by Gasteiger charge is 2.15. The van der Waals surface area contributed by atoms with Crippen LogP contribution in [-0.4, -0.2) is 31.2 Å². The van der Waals surface area contributed by atoms with Gasteiger partial charge in [-0.25, -0.2) is 4.68 Å². The molecule has 0 spiro atoms. The topological polar surface area (TPSA) is 48.1 Å². The van der Waals surface area contributed by atoms with Crippen molar-refractivity contribution in [3.05, 3.63) is 40.5 Å². The minimum atomic E-state index is 0.585. The van der Waals surface area contributed by atoms with Gasteiger partial charge < -0.3 is 9.47 Å². The second kappa shape index (κ2) is 10.9. The molecule has 28 heavy (non-hydrogen) atoms. The number of hydrogen-bond donors (Lipinski definition) is 0. The monoisotopic (exact) mass is 401 g/mol. The molecule has 0 amide bonds. The Morgan fingerprint density at radius 2 is 1.86 bits per heavy atom. The van der Waals surface area contributed by atoms with Crippen LogP contribution in [0.2, 0.25) is 0 Å². The molecule has 0 aliphatic carbocycles. The van der Waals surface area contributed by atoms with Gasteiger partial charge in [-0.1, -0.05) is 38.8 Å². The Hall–Kier alpha value is -2.34. The van der Waals surface area contributed by atoms with Crippen LogP contribution in [0.4, 0.5) is 0 Å². The van der Waals surface area contributed by atoms with Crippen LogP contribution in [0.25, 0.3) is 11.3 Å². The Morgan fingerprint density at radius 1 is 1.14 bits per heavy atom. The zero-order chi connectivity index (χ0) is 20.5. The molecule has 0 atom stereocenters. The van der Waals surface area contributed by atoms with Crippen LogP contribution >= 0.6 is 11.3 Å². The molecule has 1 aromatic carbocycles. The van der Waals surface area contributed by atoms with Crippen molar-refractivity contribution in [2.24, 2.45) is 10.1 Å². The molecule has 2 rings (SSSR count). The van der Waals surface area contributed by atoms with Gasteiger partial charge in [0.2, 0.25) is 4.80 Å². The van der Waals surface area contributed by atoms with Crippen LogP contribution < -0.4 is 14.3 Å². The fraction of sp³-hybridized carbons (Fsp3) is 0.455. The van der Waals surface area contributed by atoms with E-state index in [-0.39, 0.29) is 0 Å². The first-order valence-electron chi connectivity index (χ1n) is 9.68. The molecule has 0 aliphatic rings. The number of benzene rings is 1. The van der Waals surface area contributed by atoms with Gasteiger partial charge in [0, 0.05) is 16.7 Å².